The summed E-state index contributed by atoms with van der Waals surface area (Å²) >= 11 is 1.61. The number of aromatic nitrogens is 3. The fourth-order valence-corrected chi connectivity index (χ4v) is 3.82. The molecular weight excluding hydrogens is 365 g/mol. The molecule has 3 aromatic rings. The summed E-state index contributed by atoms with van der Waals surface area (Å²) in [6, 6.07) is 9.53. The number of nitrogens with zero attached hydrogens (tertiary/aromatic N) is 3. The normalized spacial score (nSPS) is 13.8. The molecule has 1 saturated carbocycles. The third-order valence-corrected chi connectivity index (χ3v) is 5.58. The molecule has 0 N–H and O–H groups in total. The SMILES string of the molecule is O=C(CCCSc1nnc(C2CC2)n1Cc1ccco1)c1ccc(F)cc1. The fraction of sp³-hybridized carbons (Fsp3) is 0.350. The Morgan fingerprint density at radius 1 is 1.22 bits per heavy atom. The van der Waals surface area contributed by atoms with Crippen molar-refractivity contribution in [1.82, 2.24) is 14.8 Å². The number of Topliss-reactive ketones (excluding diaryl/α,β-unsaturated/α-hetero) is 1. The second kappa shape index (κ2) is 8.08. The highest BCUT2D eigenvalue weighted by Crippen LogP contribution is 2.40. The molecule has 2 heterocycles. The van der Waals surface area contributed by atoms with Crippen molar-refractivity contribution in [2.75, 3.05) is 5.75 Å². The molecule has 4 rings (SSSR count). The lowest BCUT2D eigenvalue weighted by Gasteiger charge is -2.08. The van der Waals surface area contributed by atoms with Gasteiger partial charge < -0.3 is 4.42 Å². The van der Waals surface area contributed by atoms with Gasteiger partial charge in [0.1, 0.15) is 17.4 Å². The summed E-state index contributed by atoms with van der Waals surface area (Å²) in [5, 5.41) is 9.59. The minimum absolute atomic E-state index is 0.0336. The Hall–Kier alpha value is -2.41. The third-order valence-electron chi connectivity index (χ3n) is 4.53. The average molecular weight is 385 g/mol. The van der Waals surface area contributed by atoms with Gasteiger partial charge in [-0.2, -0.15) is 0 Å². The first-order chi connectivity index (χ1) is 13.2. The molecule has 1 fully saturated rings. The largest absolute Gasteiger partial charge is 0.467 e. The lowest BCUT2D eigenvalue weighted by Crippen LogP contribution is -2.06. The molecular formula is C20H20FN3O2S. The Morgan fingerprint density at radius 3 is 2.74 bits per heavy atom. The van der Waals surface area contributed by atoms with Crippen molar-refractivity contribution in [2.45, 2.75) is 43.3 Å². The first-order valence-electron chi connectivity index (χ1n) is 9.08. The molecule has 1 aromatic carbocycles. The number of carbonyl (C=O) groups excluding carboxylic acids is 1. The molecule has 7 heteroatoms. The van der Waals surface area contributed by atoms with E-state index < -0.39 is 0 Å². The molecule has 5 nitrogen and oxygen atoms in total. The molecule has 0 bridgehead atoms. The molecule has 0 radical (unpaired) electrons. The summed E-state index contributed by atoms with van der Waals surface area (Å²) in [5.74, 6) is 2.88. The first kappa shape index (κ1) is 18.0. The van der Waals surface area contributed by atoms with E-state index in [-0.39, 0.29) is 11.6 Å². The molecule has 0 unspecified atom stereocenters. The highest BCUT2D eigenvalue weighted by molar-refractivity contribution is 7.99. The molecule has 0 amide bonds. The van der Waals surface area contributed by atoms with E-state index in [0.717, 1.165) is 41.8 Å². The van der Waals surface area contributed by atoms with Crippen LogP contribution in [0.1, 0.15) is 53.5 Å². The van der Waals surface area contributed by atoms with Crippen molar-refractivity contribution >= 4 is 17.5 Å². The third kappa shape index (κ3) is 4.47. The number of hydrogen-bond acceptors (Lipinski definition) is 5. The standard InChI is InChI=1S/C20H20FN3O2S/c21-16-9-7-14(8-10-16)18(25)4-2-12-27-20-23-22-19(15-5-6-15)24(20)13-17-3-1-11-26-17/h1,3,7-11,15H,2,4-6,12-13H2. The summed E-state index contributed by atoms with van der Waals surface area (Å²) < 4.78 is 20.5. The lowest BCUT2D eigenvalue weighted by atomic mass is 10.1. The van der Waals surface area contributed by atoms with Gasteiger partial charge in [0.2, 0.25) is 0 Å². The minimum atomic E-state index is -0.329. The van der Waals surface area contributed by atoms with Gasteiger partial charge in [0.05, 0.1) is 12.8 Å². The molecule has 2 aromatic heterocycles. The van der Waals surface area contributed by atoms with Crippen molar-refractivity contribution in [3.05, 3.63) is 65.6 Å². The van der Waals surface area contributed by atoms with E-state index >= 15 is 0 Å². The maximum atomic E-state index is 12.9. The van der Waals surface area contributed by atoms with Gasteiger partial charge in [-0.05, 0) is 55.7 Å². The van der Waals surface area contributed by atoms with Crippen LogP contribution in [0.4, 0.5) is 4.39 Å². The van der Waals surface area contributed by atoms with Gasteiger partial charge in [0, 0.05) is 23.7 Å². The Bertz CT molecular complexity index is 902. The van der Waals surface area contributed by atoms with Gasteiger partial charge in [0.25, 0.3) is 0 Å². The van der Waals surface area contributed by atoms with Crippen LogP contribution in [0.5, 0.6) is 0 Å². The van der Waals surface area contributed by atoms with Crippen molar-refractivity contribution in [3.63, 3.8) is 0 Å². The van der Waals surface area contributed by atoms with Crippen LogP contribution in [-0.2, 0) is 6.54 Å². The molecule has 0 spiro atoms. The minimum Gasteiger partial charge on any atom is -0.467 e. The zero-order chi connectivity index (χ0) is 18.6. The number of thioether (sulfide) groups is 1. The molecule has 1 aliphatic rings. The van der Waals surface area contributed by atoms with Crippen LogP contribution >= 0.6 is 11.8 Å². The summed E-state index contributed by atoms with van der Waals surface area (Å²) in [6.45, 7) is 0.628. The van der Waals surface area contributed by atoms with E-state index in [0.29, 0.717) is 24.4 Å². The number of benzene rings is 1. The van der Waals surface area contributed by atoms with E-state index in [9.17, 15) is 9.18 Å². The highest BCUT2D eigenvalue weighted by atomic mass is 32.2. The summed E-state index contributed by atoms with van der Waals surface area (Å²) in [5.41, 5.74) is 0.554. The van der Waals surface area contributed by atoms with E-state index in [1.165, 1.54) is 24.3 Å². The molecule has 0 aliphatic heterocycles. The van der Waals surface area contributed by atoms with Crippen LogP contribution in [0.15, 0.2) is 52.2 Å². The van der Waals surface area contributed by atoms with Gasteiger partial charge in [0.15, 0.2) is 10.9 Å². The van der Waals surface area contributed by atoms with Gasteiger partial charge in [-0.25, -0.2) is 4.39 Å². The second-order valence-electron chi connectivity index (χ2n) is 6.66. The maximum absolute atomic E-state index is 12.9. The van der Waals surface area contributed by atoms with Gasteiger partial charge in [-0.3, -0.25) is 9.36 Å². The van der Waals surface area contributed by atoms with Gasteiger partial charge in [-0.1, -0.05) is 11.8 Å². The Balaban J connectivity index is 1.34. The van der Waals surface area contributed by atoms with Crippen molar-refractivity contribution < 1.29 is 13.6 Å². The van der Waals surface area contributed by atoms with Crippen LogP contribution in [0.2, 0.25) is 0 Å². The van der Waals surface area contributed by atoms with E-state index in [1.807, 2.05) is 12.1 Å². The molecule has 0 saturated heterocycles. The number of hydrogen-bond donors (Lipinski definition) is 0. The second-order valence-corrected chi connectivity index (χ2v) is 7.72. The van der Waals surface area contributed by atoms with Crippen LogP contribution in [0, 0.1) is 5.82 Å². The van der Waals surface area contributed by atoms with E-state index in [2.05, 4.69) is 14.8 Å². The maximum Gasteiger partial charge on any atom is 0.191 e. The topological polar surface area (TPSA) is 60.9 Å². The van der Waals surface area contributed by atoms with E-state index in [1.54, 1.807) is 18.0 Å². The molecule has 27 heavy (non-hydrogen) atoms. The summed E-state index contributed by atoms with van der Waals surface area (Å²) in [6.07, 6.45) is 5.15. The van der Waals surface area contributed by atoms with Crippen LogP contribution in [-0.4, -0.2) is 26.3 Å². The monoisotopic (exact) mass is 385 g/mol. The van der Waals surface area contributed by atoms with Crippen LogP contribution in [0.25, 0.3) is 0 Å². The quantitative estimate of drug-likeness (QED) is 0.304. The zero-order valence-corrected chi connectivity index (χ0v) is 15.6. The predicted octanol–water partition coefficient (Wildman–Crippen LogP) is 4.69. The smallest absolute Gasteiger partial charge is 0.191 e. The van der Waals surface area contributed by atoms with Crippen molar-refractivity contribution in [2.24, 2.45) is 0 Å². The Labute approximate surface area is 161 Å². The van der Waals surface area contributed by atoms with Crippen molar-refractivity contribution in [3.8, 4) is 0 Å². The highest BCUT2D eigenvalue weighted by Gasteiger charge is 2.30. The van der Waals surface area contributed by atoms with Crippen LogP contribution in [0.3, 0.4) is 0 Å². The number of rotatable bonds is 9. The van der Waals surface area contributed by atoms with E-state index in [4.69, 9.17) is 4.42 Å². The fourth-order valence-electron chi connectivity index (χ4n) is 2.93. The Morgan fingerprint density at radius 2 is 2.04 bits per heavy atom. The average Bonchev–Trinajstić information content (AvgIpc) is 3.24. The molecule has 140 valence electrons. The zero-order valence-electron chi connectivity index (χ0n) is 14.8. The first-order valence-corrected chi connectivity index (χ1v) is 10.1. The number of carbonyl (C=O) groups is 1. The lowest BCUT2D eigenvalue weighted by molar-refractivity contribution is 0.0982. The van der Waals surface area contributed by atoms with Crippen LogP contribution < -0.4 is 0 Å². The molecule has 0 atom stereocenters. The summed E-state index contributed by atoms with van der Waals surface area (Å²) in [4.78, 5) is 12.2. The van der Waals surface area contributed by atoms with Gasteiger partial charge >= 0.3 is 0 Å². The predicted molar refractivity (Wildman–Crippen MR) is 100 cm³/mol. The Kier molecular flexibility index (Phi) is 5.38. The summed E-state index contributed by atoms with van der Waals surface area (Å²) in [7, 11) is 0. The van der Waals surface area contributed by atoms with Gasteiger partial charge in [-0.15, -0.1) is 10.2 Å². The number of halogens is 1. The molecule has 1 aliphatic carbocycles. The van der Waals surface area contributed by atoms with Crippen molar-refractivity contribution in [1.29, 1.82) is 0 Å². The number of furan rings is 1. The number of ketones is 1.